The third-order valence-corrected chi connectivity index (χ3v) is 2.93. The highest BCUT2D eigenvalue weighted by atomic mass is 16.4. The van der Waals surface area contributed by atoms with Crippen LogP contribution in [-0.4, -0.2) is 11.1 Å². The van der Waals surface area contributed by atoms with Crippen LogP contribution in [0.1, 0.15) is 56.5 Å². The highest BCUT2D eigenvalue weighted by Gasteiger charge is 2.49. The molecule has 0 aliphatic carbocycles. The largest absolute Gasteiger partial charge is 0.481 e. The van der Waals surface area contributed by atoms with Crippen molar-refractivity contribution in [2.75, 3.05) is 0 Å². The van der Waals surface area contributed by atoms with Gasteiger partial charge in [-0.3, -0.25) is 4.79 Å². The molecule has 0 aromatic carbocycles. The molecule has 0 bridgehead atoms. The molecule has 0 aliphatic rings. The summed E-state index contributed by atoms with van der Waals surface area (Å²) in [5.74, 6) is -1.62. The van der Waals surface area contributed by atoms with Crippen LogP contribution in [0.3, 0.4) is 0 Å². The molecule has 0 aromatic rings. The first-order valence-electron chi connectivity index (χ1n) is 7.18. The van der Waals surface area contributed by atoms with Crippen LogP contribution in [0.4, 0.5) is 0 Å². The zero-order chi connectivity index (χ0) is 16.1. The van der Waals surface area contributed by atoms with Crippen molar-refractivity contribution >= 4 is 5.97 Å². The highest BCUT2D eigenvalue weighted by Crippen LogP contribution is 2.51. The van der Waals surface area contributed by atoms with Crippen molar-refractivity contribution in [3.05, 3.63) is 0 Å². The van der Waals surface area contributed by atoms with E-state index in [1.54, 1.807) is 20.8 Å². The fourth-order valence-electron chi connectivity index (χ4n) is 0.964. The van der Waals surface area contributed by atoms with Crippen LogP contribution in [-0.2, 0) is 4.79 Å². The standard InChI is InChI=1S/C11H22O2/c1-9(2,3)11(6,7)10(4,5)8(12)13/h1-7H3,(H,12,13)/i4D3,6D3. The van der Waals surface area contributed by atoms with E-state index in [-0.39, 0.29) is 0 Å². The molecule has 0 aliphatic heterocycles. The van der Waals surface area contributed by atoms with E-state index in [9.17, 15) is 9.90 Å². The van der Waals surface area contributed by atoms with Crippen molar-refractivity contribution in [2.45, 2.75) is 48.3 Å². The van der Waals surface area contributed by atoms with Gasteiger partial charge in [0.15, 0.2) is 0 Å². The predicted molar refractivity (Wildman–Crippen MR) is 54.7 cm³/mol. The summed E-state index contributed by atoms with van der Waals surface area (Å²) in [7, 11) is 0. The quantitative estimate of drug-likeness (QED) is 0.729. The third kappa shape index (κ3) is 1.87. The van der Waals surface area contributed by atoms with Gasteiger partial charge in [0, 0.05) is 8.22 Å². The molecule has 13 heavy (non-hydrogen) atoms. The van der Waals surface area contributed by atoms with E-state index in [1.807, 2.05) is 0 Å². The summed E-state index contributed by atoms with van der Waals surface area (Å²) in [5.41, 5.74) is -5.35. The topological polar surface area (TPSA) is 37.3 Å². The van der Waals surface area contributed by atoms with E-state index in [4.69, 9.17) is 8.22 Å². The second-order valence-electron chi connectivity index (χ2n) is 4.81. The van der Waals surface area contributed by atoms with Gasteiger partial charge in [0.05, 0.1) is 5.41 Å². The summed E-state index contributed by atoms with van der Waals surface area (Å²) in [5, 5.41) is 9.42. The van der Waals surface area contributed by atoms with Gasteiger partial charge in [0.2, 0.25) is 0 Å². The molecule has 2 unspecified atom stereocenters. The lowest BCUT2D eigenvalue weighted by Gasteiger charge is -2.48. The maximum Gasteiger partial charge on any atom is 0.309 e. The Morgan fingerprint density at radius 2 is 1.62 bits per heavy atom. The summed E-state index contributed by atoms with van der Waals surface area (Å²) in [6, 6.07) is 0. The zero-order valence-electron chi connectivity index (χ0n) is 14.9. The van der Waals surface area contributed by atoms with E-state index >= 15 is 0 Å². The number of carboxylic acid groups (broad SMARTS) is 1. The predicted octanol–water partition coefficient (Wildman–Crippen LogP) is 3.17. The van der Waals surface area contributed by atoms with E-state index in [0.717, 1.165) is 6.92 Å². The Morgan fingerprint density at radius 1 is 1.15 bits per heavy atom. The van der Waals surface area contributed by atoms with Crippen molar-refractivity contribution < 1.29 is 18.1 Å². The average Bonchev–Trinajstić information content (AvgIpc) is 2.09. The van der Waals surface area contributed by atoms with Crippen molar-refractivity contribution in [3.63, 3.8) is 0 Å². The lowest BCUT2D eigenvalue weighted by molar-refractivity contribution is -0.159. The maximum atomic E-state index is 11.6. The van der Waals surface area contributed by atoms with Gasteiger partial charge >= 0.3 is 5.97 Å². The first kappa shape index (κ1) is 5.38. The van der Waals surface area contributed by atoms with Crippen LogP contribution in [0.25, 0.3) is 0 Å². The highest BCUT2D eigenvalue weighted by molar-refractivity contribution is 5.74. The fourth-order valence-corrected chi connectivity index (χ4v) is 0.964. The Bertz CT molecular complexity index is 349. The van der Waals surface area contributed by atoms with E-state index < -0.39 is 35.9 Å². The number of rotatable bonds is 2. The SMILES string of the molecule is [2H]C([2H])([2H])C(C)(C(=O)O)C(C)(C([2H])([2H])[2H])C(C)(C)C. The molecule has 0 aromatic heterocycles. The molecule has 2 heteroatoms. The van der Waals surface area contributed by atoms with Crippen molar-refractivity contribution in [1.82, 2.24) is 0 Å². The molecule has 0 saturated heterocycles. The first-order valence-corrected chi connectivity index (χ1v) is 4.18. The summed E-state index contributed by atoms with van der Waals surface area (Å²) >= 11 is 0. The summed E-state index contributed by atoms with van der Waals surface area (Å²) in [6.07, 6.45) is 0. The molecule has 2 atom stereocenters. The Morgan fingerprint density at radius 3 is 1.69 bits per heavy atom. The van der Waals surface area contributed by atoms with Crippen LogP contribution in [0, 0.1) is 16.2 Å². The van der Waals surface area contributed by atoms with E-state index in [0.29, 0.717) is 0 Å². The molecule has 2 nitrogen and oxygen atoms in total. The van der Waals surface area contributed by atoms with Gasteiger partial charge in [-0.25, -0.2) is 0 Å². The molecule has 0 rings (SSSR count). The molecule has 0 saturated carbocycles. The van der Waals surface area contributed by atoms with Crippen LogP contribution < -0.4 is 0 Å². The third-order valence-electron chi connectivity index (χ3n) is 2.93. The summed E-state index contributed by atoms with van der Waals surface area (Å²) in [4.78, 5) is 11.6. The molecule has 1 N–H and O–H groups in total. The first-order chi connectivity index (χ1) is 7.94. The molecule has 0 fully saturated rings. The fraction of sp³-hybridized carbons (Fsp3) is 0.909. The Hall–Kier alpha value is -0.530. The summed E-state index contributed by atoms with van der Waals surface area (Å²) in [6.45, 7) is 1.20. The van der Waals surface area contributed by atoms with Gasteiger partial charge in [-0.1, -0.05) is 34.5 Å². The van der Waals surface area contributed by atoms with E-state index in [1.165, 1.54) is 6.92 Å². The minimum absolute atomic E-state index is 1.000. The number of aliphatic carboxylic acids is 1. The Kier molecular flexibility index (Phi) is 1.24. The van der Waals surface area contributed by atoms with Gasteiger partial charge in [-0.05, 0) is 24.6 Å². The molecule has 78 valence electrons. The average molecular weight is 192 g/mol. The second-order valence-corrected chi connectivity index (χ2v) is 4.81. The minimum atomic E-state index is -2.94. The van der Waals surface area contributed by atoms with Gasteiger partial charge in [0.25, 0.3) is 0 Å². The van der Waals surface area contributed by atoms with E-state index in [2.05, 4.69) is 0 Å². The van der Waals surface area contributed by atoms with Gasteiger partial charge in [-0.15, -0.1) is 0 Å². The molecule has 0 amide bonds. The lowest BCUT2D eigenvalue weighted by atomic mass is 9.55. The van der Waals surface area contributed by atoms with Crippen LogP contribution in [0.5, 0.6) is 0 Å². The van der Waals surface area contributed by atoms with Gasteiger partial charge < -0.3 is 5.11 Å². The van der Waals surface area contributed by atoms with Crippen LogP contribution >= 0.6 is 0 Å². The monoisotopic (exact) mass is 192 g/mol. The Balaban J connectivity index is 6.54. The second kappa shape index (κ2) is 3.00. The van der Waals surface area contributed by atoms with Crippen LogP contribution in [0.2, 0.25) is 0 Å². The number of hydrogen-bond acceptors (Lipinski definition) is 1. The van der Waals surface area contributed by atoms with Crippen molar-refractivity contribution in [3.8, 4) is 0 Å². The Labute approximate surface area is 89.8 Å². The van der Waals surface area contributed by atoms with Crippen LogP contribution in [0.15, 0.2) is 0 Å². The minimum Gasteiger partial charge on any atom is -0.481 e. The van der Waals surface area contributed by atoms with Gasteiger partial charge in [-0.2, -0.15) is 0 Å². The number of carbonyl (C=O) groups is 1. The maximum absolute atomic E-state index is 11.6. The zero-order valence-corrected chi connectivity index (χ0v) is 8.86. The summed E-state index contributed by atoms with van der Waals surface area (Å²) < 4.78 is 45.7. The smallest absolute Gasteiger partial charge is 0.309 e. The lowest BCUT2D eigenvalue weighted by Crippen LogP contribution is -2.47. The molecule has 0 radical (unpaired) electrons. The van der Waals surface area contributed by atoms with Crippen molar-refractivity contribution in [1.29, 1.82) is 0 Å². The molecular weight excluding hydrogens is 164 g/mol. The molecular formula is C11H22O2. The number of carboxylic acids is 1. The number of hydrogen-bond donors (Lipinski definition) is 1. The van der Waals surface area contributed by atoms with Gasteiger partial charge in [0.1, 0.15) is 0 Å². The normalized spacial score (nSPS) is 30.5. The van der Waals surface area contributed by atoms with Crippen molar-refractivity contribution in [2.24, 2.45) is 16.2 Å². The molecule has 0 heterocycles. The molecule has 0 spiro atoms.